The molecule has 0 aliphatic heterocycles. The first kappa shape index (κ1) is 72.9. The predicted molar refractivity (Wildman–Crippen MR) is 507 cm³/mol. The van der Waals surface area contributed by atoms with Gasteiger partial charge in [-0.25, -0.2) is 49.8 Å². The maximum absolute atomic E-state index is 6.79. The second-order valence-corrected chi connectivity index (χ2v) is 32.5. The molecule has 8 aromatic heterocycles. The largest absolute Gasteiger partial charge is 0.455 e. The molecular weight excluding hydrogens is 1560 g/mol. The molecule has 16 aromatic carbocycles. The highest BCUT2D eigenvalue weighted by atomic mass is 32.1. The lowest BCUT2D eigenvalue weighted by Crippen LogP contribution is -2.00. The van der Waals surface area contributed by atoms with Crippen LogP contribution in [0.1, 0.15) is 0 Å². The molecule has 14 heteroatoms. The van der Waals surface area contributed by atoms with E-state index in [1.165, 1.54) is 9.40 Å². The Labute approximate surface area is 719 Å². The second-order valence-electron chi connectivity index (χ2n) is 30.4. The van der Waals surface area contributed by atoms with E-state index in [9.17, 15) is 0 Å². The summed E-state index contributed by atoms with van der Waals surface area (Å²) in [5.41, 5.74) is 24.8. The molecule has 0 spiro atoms. The molecule has 0 saturated heterocycles. The summed E-state index contributed by atoms with van der Waals surface area (Å²) in [4.78, 5) is 51.4. The number of fused-ring (bicyclic) bond motifs is 12. The van der Waals surface area contributed by atoms with Crippen LogP contribution in [0, 0.1) is 0 Å². The highest BCUT2D eigenvalue weighted by Crippen LogP contribution is 2.47. The molecule has 8 heterocycles. The molecule has 124 heavy (non-hydrogen) atoms. The number of nitrogens with zero attached hydrogens (tertiary/aromatic N) is 10. The van der Waals surface area contributed by atoms with Gasteiger partial charge in [0.1, 0.15) is 22.3 Å². The van der Waals surface area contributed by atoms with Gasteiger partial charge in [0.25, 0.3) is 0 Å². The van der Waals surface area contributed by atoms with E-state index in [2.05, 4.69) is 267 Å². The molecule has 580 valence electrons. The maximum Gasteiger partial charge on any atom is 0.164 e. The third-order valence-electron chi connectivity index (χ3n) is 22.7. The number of rotatable bonds is 14. The maximum atomic E-state index is 6.79. The molecule has 12 nitrogen and oxygen atoms in total. The van der Waals surface area contributed by atoms with Crippen LogP contribution < -0.4 is 0 Å². The average Bonchev–Trinajstić information content (AvgIpc) is 1.60. The molecule has 0 fully saturated rings. The summed E-state index contributed by atoms with van der Waals surface area (Å²) >= 11 is 3.48. The lowest BCUT2D eigenvalue weighted by atomic mass is 9.98. The number of hydrogen-bond acceptors (Lipinski definition) is 14. The van der Waals surface area contributed by atoms with Gasteiger partial charge in [0.05, 0.1) is 31.8 Å². The normalized spacial score (nSPS) is 11.5. The van der Waals surface area contributed by atoms with Crippen molar-refractivity contribution in [1.29, 1.82) is 0 Å². The van der Waals surface area contributed by atoms with Gasteiger partial charge in [-0.15, -0.1) is 22.7 Å². The molecule has 0 saturated carbocycles. The van der Waals surface area contributed by atoms with E-state index in [1.807, 2.05) is 133 Å². The monoisotopic (exact) mass is 1620 g/mol. The van der Waals surface area contributed by atoms with Crippen LogP contribution in [0.15, 0.2) is 409 Å². The number of hydrogen-bond donors (Lipinski definition) is 0. The highest BCUT2D eigenvalue weighted by molar-refractivity contribution is 7.26. The summed E-state index contributed by atoms with van der Waals surface area (Å²) in [6, 6.07) is 137. The summed E-state index contributed by atoms with van der Waals surface area (Å²) < 4.78 is 18.1. The van der Waals surface area contributed by atoms with E-state index in [-0.39, 0.29) is 0 Å². The van der Waals surface area contributed by atoms with Gasteiger partial charge >= 0.3 is 0 Å². The van der Waals surface area contributed by atoms with Crippen LogP contribution in [-0.2, 0) is 0 Å². The minimum absolute atomic E-state index is 0.576. The van der Waals surface area contributed by atoms with Crippen molar-refractivity contribution in [2.75, 3.05) is 0 Å². The minimum atomic E-state index is 0.576. The van der Waals surface area contributed by atoms with Gasteiger partial charge in [0.15, 0.2) is 46.6 Å². The zero-order chi connectivity index (χ0) is 82.0. The summed E-state index contributed by atoms with van der Waals surface area (Å²) in [6.07, 6.45) is 0. The third-order valence-corrected chi connectivity index (χ3v) is 25.1. The Balaban J connectivity index is 0.000000143. The average molecular weight is 1620 g/mol. The molecule has 0 unspecified atom stereocenters. The molecule has 0 N–H and O–H groups in total. The van der Waals surface area contributed by atoms with E-state index in [1.54, 1.807) is 22.7 Å². The zero-order valence-corrected chi connectivity index (χ0v) is 67.8. The van der Waals surface area contributed by atoms with Crippen LogP contribution in [0.25, 0.3) is 243 Å². The van der Waals surface area contributed by atoms with Crippen molar-refractivity contribution in [1.82, 2.24) is 49.8 Å². The fourth-order valence-electron chi connectivity index (χ4n) is 16.8. The SMILES string of the molecule is c1ccc(-c2cccc(-c3nc(-c4cccc(-c5cccc6c5oc5cccc(-c7nc(-c8ccccc8)nc(-c8ccccc8)n7)c56)c4)nc4c3sc3ccccc34)c2)cc1.c1ccc(-c2cccc(-c3nc(-c4ccccc4)nc(-c4cccc5oc6c(-c7ccc(-c8nc(-c9ccccc9)c9sc%10ccccc%10c9n8)cc7)cccc6c45)n3)c2)cc1. The summed E-state index contributed by atoms with van der Waals surface area (Å²) in [7, 11) is 0. The van der Waals surface area contributed by atoms with Crippen molar-refractivity contribution in [3.63, 3.8) is 0 Å². The molecule has 0 amide bonds. The second kappa shape index (κ2) is 31.1. The van der Waals surface area contributed by atoms with Crippen LogP contribution >= 0.6 is 22.7 Å². The fraction of sp³-hybridized carbons (Fsp3) is 0. The van der Waals surface area contributed by atoms with Crippen LogP contribution in [-0.4, -0.2) is 49.8 Å². The molecular formula is C110H66N10O2S2. The molecule has 24 aromatic rings. The summed E-state index contributed by atoms with van der Waals surface area (Å²) in [6.45, 7) is 0. The van der Waals surface area contributed by atoms with E-state index in [0.29, 0.717) is 46.6 Å². The van der Waals surface area contributed by atoms with Crippen molar-refractivity contribution in [2.45, 2.75) is 0 Å². The van der Waals surface area contributed by atoms with Gasteiger partial charge in [-0.2, -0.15) is 0 Å². The Hall–Kier alpha value is -16.3. The standard InChI is InChI=1S/2C55H33N5OS/c1-4-16-34(17-5-1)37-22-12-24-39(32-37)48-51-49(42-26-10-11-31-46(42)62-51)57-54(56-48)40-25-13-23-38(33-40)41-27-14-28-43-47-44(29-15-30-45(47)61-50(41)43)55-59-52(35-18-6-2-7-19-35)58-53(60-55)36-20-8-3-9-21-36;1-4-15-34(16-5-1)39-21-12-22-40(33-39)54-58-53(37-19-8-3-9-20-37)59-55(60-54)44-26-14-27-45-47(44)43-25-13-24-41(50(43)61-45)35-29-31-38(32-30-35)52-56-48(36-17-6-2-7-18-36)51-49(57-52)42-23-10-11-28-46(42)62-51/h2*1-33H. The summed E-state index contributed by atoms with van der Waals surface area (Å²) in [5, 5.41) is 6.13. The van der Waals surface area contributed by atoms with Gasteiger partial charge in [0.2, 0.25) is 0 Å². The molecule has 0 aliphatic rings. The molecule has 0 aliphatic carbocycles. The van der Waals surface area contributed by atoms with Crippen molar-refractivity contribution in [3.8, 4) is 158 Å². The van der Waals surface area contributed by atoms with Gasteiger partial charge in [0, 0.05) is 108 Å². The van der Waals surface area contributed by atoms with Gasteiger partial charge < -0.3 is 8.83 Å². The first-order valence-electron chi connectivity index (χ1n) is 41.0. The van der Waals surface area contributed by atoms with Crippen molar-refractivity contribution >= 4 is 107 Å². The van der Waals surface area contributed by atoms with Crippen LogP contribution in [0.5, 0.6) is 0 Å². The van der Waals surface area contributed by atoms with E-state index >= 15 is 0 Å². The summed E-state index contributed by atoms with van der Waals surface area (Å²) in [5.74, 6) is 4.94. The first-order chi connectivity index (χ1) is 61.4. The Morgan fingerprint density at radius 3 is 0.935 bits per heavy atom. The fourth-order valence-corrected chi connectivity index (χ4v) is 19.1. The highest BCUT2D eigenvalue weighted by Gasteiger charge is 2.26. The van der Waals surface area contributed by atoms with E-state index in [4.69, 9.17) is 58.7 Å². The van der Waals surface area contributed by atoms with Gasteiger partial charge in [-0.1, -0.05) is 358 Å². The third kappa shape index (κ3) is 13.4. The number of aromatic nitrogens is 10. The minimum Gasteiger partial charge on any atom is -0.455 e. The zero-order valence-electron chi connectivity index (χ0n) is 66.2. The molecule has 24 rings (SSSR count). The van der Waals surface area contributed by atoms with Crippen molar-refractivity contribution in [2.24, 2.45) is 0 Å². The van der Waals surface area contributed by atoms with Crippen LogP contribution in [0.3, 0.4) is 0 Å². The molecule has 0 bridgehead atoms. The predicted octanol–water partition coefficient (Wildman–Crippen LogP) is 29.2. The van der Waals surface area contributed by atoms with Gasteiger partial charge in [-0.3, -0.25) is 0 Å². The quantitative estimate of drug-likeness (QED) is 0.102. The number of para-hydroxylation sites is 2. The lowest BCUT2D eigenvalue weighted by Gasteiger charge is -2.10. The first-order valence-corrected chi connectivity index (χ1v) is 42.6. The van der Waals surface area contributed by atoms with Crippen molar-refractivity contribution < 1.29 is 8.83 Å². The van der Waals surface area contributed by atoms with Gasteiger partial charge in [-0.05, 0) is 75.8 Å². The van der Waals surface area contributed by atoms with E-state index < -0.39 is 0 Å². The topological polar surface area (TPSA) is 155 Å². The van der Waals surface area contributed by atoms with Crippen molar-refractivity contribution in [3.05, 3.63) is 400 Å². The lowest BCUT2D eigenvalue weighted by molar-refractivity contribution is 0.669. The Morgan fingerprint density at radius 1 is 0.177 bits per heavy atom. The Morgan fingerprint density at radius 2 is 0.468 bits per heavy atom. The molecule has 0 radical (unpaired) electrons. The Kier molecular flexibility index (Phi) is 18.3. The smallest absolute Gasteiger partial charge is 0.164 e. The van der Waals surface area contributed by atoms with E-state index in [0.717, 1.165) is 187 Å². The number of benzene rings is 16. The van der Waals surface area contributed by atoms with Crippen LogP contribution in [0.4, 0.5) is 0 Å². The molecule has 0 atom stereocenters. The van der Waals surface area contributed by atoms with Crippen LogP contribution in [0.2, 0.25) is 0 Å². The Bertz CT molecular complexity index is 8170. The number of thiophene rings is 2. The number of furan rings is 2.